The molecule has 1 aromatic carbocycles. The van der Waals surface area contributed by atoms with E-state index in [0.29, 0.717) is 18.6 Å². The molecule has 2 fully saturated rings. The normalized spacial score (nSPS) is 27.8. The topological polar surface area (TPSA) is 45.2 Å². The maximum atomic E-state index is 13.2. The van der Waals surface area contributed by atoms with Crippen molar-refractivity contribution in [3.05, 3.63) is 52.0 Å². The van der Waals surface area contributed by atoms with Gasteiger partial charge in [0.25, 0.3) is 0 Å². The van der Waals surface area contributed by atoms with E-state index in [4.69, 9.17) is 0 Å². The number of carbonyl (C=O) groups excluding carboxylic acids is 1. The summed E-state index contributed by atoms with van der Waals surface area (Å²) in [5, 5.41) is 3.15. The summed E-state index contributed by atoms with van der Waals surface area (Å²) in [5.41, 5.74) is 4.02. The third kappa shape index (κ3) is 2.97. The number of hydrogen-bond donors (Lipinski definition) is 1. The minimum Gasteiger partial charge on any atom is -0.356 e. The van der Waals surface area contributed by atoms with Crippen molar-refractivity contribution < 1.29 is 4.79 Å². The molecule has 0 unspecified atom stereocenters. The minimum atomic E-state index is -0.307. The molecule has 4 rings (SSSR count). The second kappa shape index (κ2) is 7.12. The minimum absolute atomic E-state index is 0.238. The van der Waals surface area contributed by atoms with Crippen LogP contribution in [0.3, 0.4) is 0 Å². The van der Waals surface area contributed by atoms with Crippen molar-refractivity contribution >= 4 is 17.2 Å². The lowest BCUT2D eigenvalue weighted by Gasteiger charge is -2.36. The number of benzene rings is 1. The van der Waals surface area contributed by atoms with Crippen LogP contribution in [0.15, 0.2) is 35.8 Å². The molecule has 0 spiro atoms. The van der Waals surface area contributed by atoms with Crippen LogP contribution in [0, 0.1) is 12.3 Å². The zero-order valence-electron chi connectivity index (χ0n) is 15.6. The van der Waals surface area contributed by atoms with Gasteiger partial charge in [0.1, 0.15) is 0 Å². The maximum absolute atomic E-state index is 13.2. The molecule has 0 saturated carbocycles. The van der Waals surface area contributed by atoms with Crippen LogP contribution in [0.5, 0.6) is 0 Å². The van der Waals surface area contributed by atoms with Crippen molar-refractivity contribution in [3.8, 4) is 0 Å². The monoisotopic (exact) mass is 369 g/mol. The number of rotatable bonds is 6. The molecule has 0 radical (unpaired) electrons. The largest absolute Gasteiger partial charge is 0.356 e. The molecular weight excluding hydrogens is 342 g/mol. The van der Waals surface area contributed by atoms with Gasteiger partial charge in [0.05, 0.1) is 16.6 Å². The van der Waals surface area contributed by atoms with E-state index in [0.717, 1.165) is 31.5 Å². The molecule has 5 heteroatoms. The van der Waals surface area contributed by atoms with Crippen molar-refractivity contribution in [1.82, 2.24) is 15.2 Å². The van der Waals surface area contributed by atoms with Crippen LogP contribution in [0.2, 0.25) is 0 Å². The zero-order chi connectivity index (χ0) is 18.1. The van der Waals surface area contributed by atoms with E-state index in [1.54, 1.807) is 11.3 Å². The lowest BCUT2D eigenvalue weighted by molar-refractivity contribution is -0.132. The van der Waals surface area contributed by atoms with Crippen LogP contribution in [0.4, 0.5) is 0 Å². The van der Waals surface area contributed by atoms with Gasteiger partial charge in [-0.05, 0) is 45.1 Å². The molecule has 3 heterocycles. The SMILES string of the molecule is CCNC(=O)[C@]1(Cc2ccccc2)C[C@@H]2CC[C@H]1N2Cc1scnc1C. The van der Waals surface area contributed by atoms with E-state index in [2.05, 4.69) is 46.4 Å². The van der Waals surface area contributed by atoms with Crippen molar-refractivity contribution in [2.75, 3.05) is 6.54 Å². The first-order valence-corrected chi connectivity index (χ1v) is 10.5. The summed E-state index contributed by atoms with van der Waals surface area (Å²) in [4.78, 5) is 21.6. The van der Waals surface area contributed by atoms with E-state index in [-0.39, 0.29) is 11.3 Å². The molecule has 1 N–H and O–H groups in total. The Balaban J connectivity index is 1.64. The highest BCUT2D eigenvalue weighted by Crippen LogP contribution is 2.52. The molecule has 2 aliphatic rings. The molecule has 1 aromatic heterocycles. The number of amides is 1. The van der Waals surface area contributed by atoms with E-state index in [1.807, 2.05) is 18.5 Å². The second-order valence-electron chi connectivity index (χ2n) is 7.66. The molecule has 2 bridgehead atoms. The number of nitrogens with zero attached hydrogens (tertiary/aromatic N) is 2. The van der Waals surface area contributed by atoms with Crippen molar-refractivity contribution in [3.63, 3.8) is 0 Å². The quantitative estimate of drug-likeness (QED) is 0.847. The molecule has 26 heavy (non-hydrogen) atoms. The average molecular weight is 370 g/mol. The summed E-state index contributed by atoms with van der Waals surface area (Å²) in [7, 11) is 0. The fraction of sp³-hybridized carbons (Fsp3) is 0.524. The van der Waals surface area contributed by atoms with Gasteiger partial charge < -0.3 is 5.32 Å². The predicted molar refractivity (Wildman–Crippen MR) is 105 cm³/mol. The van der Waals surface area contributed by atoms with Gasteiger partial charge in [0.15, 0.2) is 0 Å². The molecule has 4 nitrogen and oxygen atoms in total. The Hall–Kier alpha value is -1.72. The molecule has 0 aliphatic carbocycles. The Bertz CT molecular complexity index is 775. The van der Waals surface area contributed by atoms with Crippen LogP contribution in [-0.2, 0) is 17.8 Å². The van der Waals surface area contributed by atoms with Gasteiger partial charge in [0, 0.05) is 30.1 Å². The number of fused-ring (bicyclic) bond motifs is 2. The van der Waals surface area contributed by atoms with Crippen molar-refractivity contribution in [2.24, 2.45) is 5.41 Å². The van der Waals surface area contributed by atoms with E-state index in [9.17, 15) is 4.79 Å². The van der Waals surface area contributed by atoms with Gasteiger partial charge in [-0.15, -0.1) is 11.3 Å². The Labute approximate surface area is 159 Å². The fourth-order valence-corrected chi connectivity index (χ4v) is 5.78. The van der Waals surface area contributed by atoms with Crippen molar-refractivity contribution in [2.45, 2.75) is 58.2 Å². The smallest absolute Gasteiger partial charge is 0.228 e. The summed E-state index contributed by atoms with van der Waals surface area (Å²) in [5.74, 6) is 0.238. The van der Waals surface area contributed by atoms with Crippen molar-refractivity contribution in [1.29, 1.82) is 0 Å². The van der Waals surface area contributed by atoms with Gasteiger partial charge in [-0.25, -0.2) is 4.98 Å². The molecule has 3 atom stereocenters. The number of thiazole rings is 1. The molecular formula is C21H27N3OS. The van der Waals surface area contributed by atoms with E-state index >= 15 is 0 Å². The highest BCUT2D eigenvalue weighted by atomic mass is 32.1. The first kappa shape index (κ1) is 17.7. The van der Waals surface area contributed by atoms with Gasteiger partial charge in [-0.1, -0.05) is 30.3 Å². The standard InChI is InChI=1S/C21H27N3OS/c1-3-22-20(25)21(11-16-7-5-4-6-8-16)12-17-9-10-19(21)24(17)13-18-15(2)23-14-26-18/h4-8,14,17,19H,3,9-13H2,1-2H3,(H,22,25)/t17-,19+,21+/m0/s1. The Morgan fingerprint density at radius 3 is 2.85 bits per heavy atom. The first-order chi connectivity index (χ1) is 12.6. The molecule has 2 aliphatic heterocycles. The van der Waals surface area contributed by atoms with Crippen LogP contribution >= 0.6 is 11.3 Å². The fourth-order valence-electron chi connectivity index (χ4n) is 5.00. The second-order valence-corrected chi connectivity index (χ2v) is 8.60. The van der Waals surface area contributed by atoms with Gasteiger partial charge >= 0.3 is 0 Å². The predicted octanol–water partition coefficient (Wildman–Crippen LogP) is 3.55. The first-order valence-electron chi connectivity index (χ1n) is 9.61. The lowest BCUT2D eigenvalue weighted by atomic mass is 9.69. The van der Waals surface area contributed by atoms with Crippen LogP contribution in [0.25, 0.3) is 0 Å². The number of aryl methyl sites for hydroxylation is 1. The molecule has 1 amide bonds. The van der Waals surface area contributed by atoms with Crippen LogP contribution in [0.1, 0.15) is 42.3 Å². The van der Waals surface area contributed by atoms with E-state index < -0.39 is 0 Å². The summed E-state index contributed by atoms with van der Waals surface area (Å²) in [6.07, 6.45) is 4.13. The molecule has 138 valence electrons. The third-order valence-corrected chi connectivity index (χ3v) is 7.12. The summed E-state index contributed by atoms with van der Waals surface area (Å²) in [6.45, 7) is 5.73. The summed E-state index contributed by atoms with van der Waals surface area (Å²) in [6, 6.07) is 11.3. The zero-order valence-corrected chi connectivity index (χ0v) is 16.4. The van der Waals surface area contributed by atoms with Gasteiger partial charge in [-0.2, -0.15) is 0 Å². The number of carbonyl (C=O) groups is 1. The van der Waals surface area contributed by atoms with Gasteiger partial charge in [0.2, 0.25) is 5.91 Å². The Kier molecular flexibility index (Phi) is 4.84. The van der Waals surface area contributed by atoms with E-state index in [1.165, 1.54) is 16.9 Å². The number of hydrogen-bond acceptors (Lipinski definition) is 4. The summed E-state index contributed by atoms with van der Waals surface area (Å²) < 4.78 is 0. The lowest BCUT2D eigenvalue weighted by Crippen LogP contribution is -2.50. The van der Waals surface area contributed by atoms with Crippen LogP contribution < -0.4 is 5.32 Å². The molecule has 2 saturated heterocycles. The third-order valence-electron chi connectivity index (χ3n) is 6.20. The highest BCUT2D eigenvalue weighted by Gasteiger charge is 2.59. The van der Waals surface area contributed by atoms with Crippen LogP contribution in [-0.4, -0.2) is 34.4 Å². The Morgan fingerprint density at radius 1 is 1.35 bits per heavy atom. The summed E-state index contributed by atoms with van der Waals surface area (Å²) >= 11 is 1.74. The maximum Gasteiger partial charge on any atom is 0.228 e. The average Bonchev–Trinajstić information content (AvgIpc) is 3.31. The van der Waals surface area contributed by atoms with Gasteiger partial charge in [-0.3, -0.25) is 9.69 Å². The molecule has 2 aromatic rings. The number of nitrogens with one attached hydrogen (secondary N) is 1. The highest BCUT2D eigenvalue weighted by molar-refractivity contribution is 7.09. The Morgan fingerprint density at radius 2 is 2.15 bits per heavy atom. The number of aromatic nitrogens is 1.